The average molecular weight is 336 g/mol. The lowest BCUT2D eigenvalue weighted by atomic mass is 9.95. The number of halogens is 1. The molecule has 1 aromatic heterocycles. The molecule has 1 aliphatic heterocycles. The summed E-state index contributed by atoms with van der Waals surface area (Å²) in [5, 5.41) is 9.77. The number of thiazole rings is 1. The summed E-state index contributed by atoms with van der Waals surface area (Å²) in [5.74, 6) is 0.349. The quantitative estimate of drug-likeness (QED) is 0.905. The molecule has 116 valence electrons. The lowest BCUT2D eigenvalue weighted by Crippen LogP contribution is -2.48. The van der Waals surface area contributed by atoms with E-state index in [-0.39, 0.29) is 11.9 Å². The van der Waals surface area contributed by atoms with E-state index in [1.54, 1.807) is 0 Å². The molecule has 2 N–H and O–H groups in total. The van der Waals surface area contributed by atoms with E-state index in [1.807, 2.05) is 29.6 Å². The first kappa shape index (κ1) is 15.5. The van der Waals surface area contributed by atoms with Crippen LogP contribution in [0.2, 0.25) is 5.02 Å². The van der Waals surface area contributed by atoms with Crippen molar-refractivity contribution in [1.82, 2.24) is 15.6 Å². The summed E-state index contributed by atoms with van der Waals surface area (Å²) in [4.78, 5) is 16.8. The van der Waals surface area contributed by atoms with Gasteiger partial charge in [0.2, 0.25) is 0 Å². The van der Waals surface area contributed by atoms with E-state index in [0.717, 1.165) is 30.1 Å². The number of hydrogen-bond acceptors (Lipinski definition) is 4. The lowest BCUT2D eigenvalue weighted by molar-refractivity contribution is 0.0910. The zero-order valence-electron chi connectivity index (χ0n) is 12.3. The van der Waals surface area contributed by atoms with Gasteiger partial charge in [-0.15, -0.1) is 11.3 Å². The fraction of sp³-hybridized carbons (Fsp3) is 0.375. The first-order valence-corrected chi connectivity index (χ1v) is 8.62. The van der Waals surface area contributed by atoms with E-state index >= 15 is 0 Å². The highest BCUT2D eigenvalue weighted by molar-refractivity contribution is 7.13. The van der Waals surface area contributed by atoms with Crippen molar-refractivity contribution in [3.8, 4) is 10.6 Å². The molecule has 0 radical (unpaired) electrons. The molecule has 2 atom stereocenters. The number of nitrogens with one attached hydrogen (secondary N) is 2. The Morgan fingerprint density at radius 3 is 2.91 bits per heavy atom. The van der Waals surface area contributed by atoms with Gasteiger partial charge in [-0.05, 0) is 37.6 Å². The van der Waals surface area contributed by atoms with Gasteiger partial charge in [-0.3, -0.25) is 4.79 Å². The summed E-state index contributed by atoms with van der Waals surface area (Å²) in [5.41, 5.74) is 1.46. The van der Waals surface area contributed by atoms with Gasteiger partial charge in [-0.2, -0.15) is 0 Å². The minimum absolute atomic E-state index is 0.0878. The third-order valence-electron chi connectivity index (χ3n) is 3.93. The summed E-state index contributed by atoms with van der Waals surface area (Å²) in [6, 6.07) is 7.70. The molecule has 2 aromatic rings. The van der Waals surface area contributed by atoms with Crippen molar-refractivity contribution < 1.29 is 4.79 Å². The van der Waals surface area contributed by atoms with Crippen molar-refractivity contribution in [3.63, 3.8) is 0 Å². The van der Waals surface area contributed by atoms with Crippen LogP contribution in [0.1, 0.15) is 23.8 Å². The maximum atomic E-state index is 12.3. The van der Waals surface area contributed by atoms with E-state index in [2.05, 4.69) is 22.5 Å². The summed E-state index contributed by atoms with van der Waals surface area (Å²) >= 11 is 7.36. The Hall–Kier alpha value is -1.43. The van der Waals surface area contributed by atoms with Crippen LogP contribution in [0.4, 0.5) is 0 Å². The van der Waals surface area contributed by atoms with Crippen LogP contribution < -0.4 is 10.6 Å². The second kappa shape index (κ2) is 6.77. The van der Waals surface area contributed by atoms with Crippen LogP contribution in [-0.4, -0.2) is 30.0 Å². The van der Waals surface area contributed by atoms with Gasteiger partial charge in [0.1, 0.15) is 10.7 Å². The summed E-state index contributed by atoms with van der Waals surface area (Å²) in [6.07, 6.45) is 0.959. The Balaban J connectivity index is 1.70. The largest absolute Gasteiger partial charge is 0.348 e. The second-order valence-corrected chi connectivity index (χ2v) is 6.89. The van der Waals surface area contributed by atoms with Gasteiger partial charge >= 0.3 is 0 Å². The third-order valence-corrected chi connectivity index (χ3v) is 5.07. The molecular weight excluding hydrogens is 318 g/mol. The maximum Gasteiger partial charge on any atom is 0.271 e. The third kappa shape index (κ3) is 3.48. The Labute approximate surface area is 138 Å². The van der Waals surface area contributed by atoms with Crippen LogP contribution in [0.5, 0.6) is 0 Å². The smallest absolute Gasteiger partial charge is 0.271 e. The van der Waals surface area contributed by atoms with Crippen LogP contribution in [0, 0.1) is 5.92 Å². The van der Waals surface area contributed by atoms with Gasteiger partial charge in [0.25, 0.3) is 5.91 Å². The first-order chi connectivity index (χ1) is 10.6. The van der Waals surface area contributed by atoms with Crippen molar-refractivity contribution in [2.45, 2.75) is 19.4 Å². The lowest BCUT2D eigenvalue weighted by Gasteiger charge is -2.29. The number of piperidine rings is 1. The Kier molecular flexibility index (Phi) is 4.76. The molecule has 1 aromatic carbocycles. The number of carbonyl (C=O) groups excluding carboxylic acids is 1. The number of carbonyl (C=O) groups is 1. The number of aromatic nitrogens is 1. The van der Waals surface area contributed by atoms with Gasteiger partial charge < -0.3 is 10.6 Å². The van der Waals surface area contributed by atoms with E-state index in [4.69, 9.17) is 11.6 Å². The fourth-order valence-corrected chi connectivity index (χ4v) is 3.51. The number of hydrogen-bond donors (Lipinski definition) is 2. The molecule has 22 heavy (non-hydrogen) atoms. The molecule has 2 heterocycles. The SMILES string of the molecule is CC1CNCCC1NC(=O)c1csc(-c2ccc(Cl)cc2)n1. The second-order valence-electron chi connectivity index (χ2n) is 5.59. The van der Waals surface area contributed by atoms with Gasteiger partial charge in [-0.25, -0.2) is 4.98 Å². The number of rotatable bonds is 3. The van der Waals surface area contributed by atoms with Crippen molar-refractivity contribution in [2.24, 2.45) is 5.92 Å². The predicted molar refractivity (Wildman–Crippen MR) is 90.5 cm³/mol. The topological polar surface area (TPSA) is 54.0 Å². The number of benzene rings is 1. The predicted octanol–water partition coefficient (Wildman–Crippen LogP) is 3.19. The molecule has 0 bridgehead atoms. The Morgan fingerprint density at radius 1 is 1.41 bits per heavy atom. The molecule has 0 spiro atoms. The Morgan fingerprint density at radius 2 is 2.18 bits per heavy atom. The molecule has 1 aliphatic rings. The monoisotopic (exact) mass is 335 g/mol. The molecule has 0 aliphatic carbocycles. The Bertz CT molecular complexity index is 656. The van der Waals surface area contributed by atoms with Crippen molar-refractivity contribution in [3.05, 3.63) is 40.4 Å². The van der Waals surface area contributed by atoms with Crippen LogP contribution >= 0.6 is 22.9 Å². The highest BCUT2D eigenvalue weighted by Crippen LogP contribution is 2.25. The molecule has 2 unspecified atom stereocenters. The van der Waals surface area contributed by atoms with Crippen LogP contribution in [-0.2, 0) is 0 Å². The summed E-state index contributed by atoms with van der Waals surface area (Å²) in [6.45, 7) is 4.04. The van der Waals surface area contributed by atoms with Crippen LogP contribution in [0.15, 0.2) is 29.6 Å². The normalized spacial score (nSPS) is 21.5. The molecule has 6 heteroatoms. The molecule has 1 amide bonds. The van der Waals surface area contributed by atoms with Crippen LogP contribution in [0.25, 0.3) is 10.6 Å². The summed E-state index contributed by atoms with van der Waals surface area (Å²) < 4.78 is 0. The van der Waals surface area contributed by atoms with Gasteiger partial charge in [0, 0.05) is 22.0 Å². The molecule has 3 rings (SSSR count). The van der Waals surface area contributed by atoms with Crippen molar-refractivity contribution in [2.75, 3.05) is 13.1 Å². The van der Waals surface area contributed by atoms with E-state index < -0.39 is 0 Å². The molecule has 4 nitrogen and oxygen atoms in total. The van der Waals surface area contributed by atoms with Crippen molar-refractivity contribution in [1.29, 1.82) is 0 Å². The summed E-state index contributed by atoms with van der Waals surface area (Å²) in [7, 11) is 0. The highest BCUT2D eigenvalue weighted by atomic mass is 35.5. The first-order valence-electron chi connectivity index (χ1n) is 7.36. The van der Waals surface area contributed by atoms with Gasteiger partial charge in [0.15, 0.2) is 0 Å². The zero-order valence-corrected chi connectivity index (χ0v) is 13.9. The molecule has 1 fully saturated rings. The highest BCUT2D eigenvalue weighted by Gasteiger charge is 2.24. The molecule has 1 saturated heterocycles. The standard InChI is InChI=1S/C16H18ClN3OS/c1-10-8-18-7-6-13(10)19-15(21)14-9-22-16(20-14)11-2-4-12(17)5-3-11/h2-5,9-10,13,18H,6-8H2,1H3,(H,19,21). The van der Waals surface area contributed by atoms with Gasteiger partial charge in [0.05, 0.1) is 0 Å². The maximum absolute atomic E-state index is 12.3. The number of nitrogens with zero attached hydrogens (tertiary/aromatic N) is 1. The fourth-order valence-electron chi connectivity index (χ4n) is 2.57. The van der Waals surface area contributed by atoms with E-state index in [0.29, 0.717) is 16.6 Å². The van der Waals surface area contributed by atoms with Crippen molar-refractivity contribution >= 4 is 28.8 Å². The minimum Gasteiger partial charge on any atom is -0.348 e. The molecule has 0 saturated carbocycles. The van der Waals surface area contributed by atoms with Crippen LogP contribution in [0.3, 0.4) is 0 Å². The average Bonchev–Trinajstić information content (AvgIpc) is 3.00. The zero-order chi connectivity index (χ0) is 15.5. The van der Waals surface area contributed by atoms with E-state index in [9.17, 15) is 4.79 Å². The molecular formula is C16H18ClN3OS. The van der Waals surface area contributed by atoms with Gasteiger partial charge in [-0.1, -0.05) is 30.7 Å². The number of amides is 1. The van der Waals surface area contributed by atoms with E-state index in [1.165, 1.54) is 11.3 Å². The minimum atomic E-state index is -0.0878.